The summed E-state index contributed by atoms with van der Waals surface area (Å²) in [7, 11) is 1.59. The Bertz CT molecular complexity index is 1300. The van der Waals surface area contributed by atoms with Crippen molar-refractivity contribution in [2.75, 3.05) is 12.0 Å². The van der Waals surface area contributed by atoms with Crippen LogP contribution in [-0.4, -0.2) is 18.0 Å². The topological polar surface area (TPSA) is 72.6 Å². The van der Waals surface area contributed by atoms with Crippen molar-refractivity contribution in [3.8, 4) is 5.75 Å². The zero-order chi connectivity index (χ0) is 20.1. The number of carbonyl (C=O) groups excluding carboxylic acids is 1. The number of rotatable bonds is 3. The Balaban J connectivity index is 1.80. The maximum absolute atomic E-state index is 13.4. The molecule has 4 aromatic rings. The van der Waals surface area contributed by atoms with Crippen LogP contribution in [-0.2, 0) is 0 Å². The Hall–Kier alpha value is -2.97. The fourth-order valence-electron chi connectivity index (χ4n) is 3.58. The van der Waals surface area contributed by atoms with Crippen LogP contribution in [0.2, 0.25) is 0 Å². The lowest BCUT2D eigenvalue weighted by Gasteiger charge is -2.22. The lowest BCUT2D eigenvalue weighted by molar-refractivity contribution is 0.0971. The summed E-state index contributed by atoms with van der Waals surface area (Å²) in [5, 5.41) is 2.72. The molecule has 2 aromatic carbocycles. The first-order chi connectivity index (χ1) is 14.1. The SMILES string of the molecule is COc1ccc([C@H]2c3c(oc4ccc(Br)cc4c3=O)C(=O)N2c2nccs2)cc1. The molecule has 0 aliphatic carbocycles. The molecule has 0 saturated heterocycles. The average molecular weight is 469 g/mol. The van der Waals surface area contributed by atoms with E-state index >= 15 is 0 Å². The first-order valence-corrected chi connectivity index (χ1v) is 10.4. The number of methoxy groups -OCH3 is 1. The first kappa shape index (κ1) is 18.1. The lowest BCUT2D eigenvalue weighted by atomic mass is 9.98. The van der Waals surface area contributed by atoms with Gasteiger partial charge in [0.15, 0.2) is 10.6 Å². The molecule has 0 N–H and O–H groups in total. The fourth-order valence-corrected chi connectivity index (χ4v) is 4.61. The van der Waals surface area contributed by atoms with E-state index in [9.17, 15) is 9.59 Å². The molecule has 1 atom stereocenters. The molecule has 0 unspecified atom stereocenters. The molecule has 1 aliphatic heterocycles. The minimum absolute atomic E-state index is 0.0563. The number of benzene rings is 2. The summed E-state index contributed by atoms with van der Waals surface area (Å²) in [5.41, 5.74) is 1.24. The third-order valence-electron chi connectivity index (χ3n) is 4.89. The predicted octanol–water partition coefficient (Wildman–Crippen LogP) is 4.77. The standard InChI is InChI=1S/C21H13BrN2O4S/c1-27-13-5-2-11(3-6-13)17-16-18(25)14-10-12(22)4-7-15(14)28-19(16)20(26)24(17)21-23-8-9-29-21/h2-10,17H,1H3/t17-/m0/s1. The van der Waals surface area contributed by atoms with E-state index in [4.69, 9.17) is 9.15 Å². The summed E-state index contributed by atoms with van der Waals surface area (Å²) >= 11 is 4.73. The Morgan fingerprint density at radius 1 is 1.17 bits per heavy atom. The van der Waals surface area contributed by atoms with E-state index in [1.807, 2.05) is 12.1 Å². The van der Waals surface area contributed by atoms with Crippen LogP contribution < -0.4 is 15.1 Å². The number of carbonyl (C=O) groups is 1. The molecule has 0 radical (unpaired) electrons. The largest absolute Gasteiger partial charge is 0.497 e. The van der Waals surface area contributed by atoms with E-state index in [0.717, 1.165) is 10.0 Å². The monoisotopic (exact) mass is 468 g/mol. The summed E-state index contributed by atoms with van der Waals surface area (Å²) < 4.78 is 11.9. The van der Waals surface area contributed by atoms with Crippen LogP contribution in [0.5, 0.6) is 5.75 Å². The molecular formula is C21H13BrN2O4S. The highest BCUT2D eigenvalue weighted by atomic mass is 79.9. The summed E-state index contributed by atoms with van der Waals surface area (Å²) in [6, 6.07) is 11.8. The molecule has 0 fully saturated rings. The quantitative estimate of drug-likeness (QED) is 0.432. The molecular weight excluding hydrogens is 456 g/mol. The Labute approximate surface area is 177 Å². The van der Waals surface area contributed by atoms with E-state index in [2.05, 4.69) is 20.9 Å². The number of thiazole rings is 1. The highest BCUT2D eigenvalue weighted by Gasteiger charge is 2.44. The van der Waals surface area contributed by atoms with Gasteiger partial charge in [0.1, 0.15) is 11.3 Å². The van der Waals surface area contributed by atoms with E-state index in [1.165, 1.54) is 16.2 Å². The van der Waals surface area contributed by atoms with Gasteiger partial charge in [-0.25, -0.2) is 4.98 Å². The smallest absolute Gasteiger partial charge is 0.297 e. The van der Waals surface area contributed by atoms with Gasteiger partial charge in [-0.2, -0.15) is 0 Å². The van der Waals surface area contributed by atoms with Gasteiger partial charge in [0.25, 0.3) is 5.91 Å². The van der Waals surface area contributed by atoms with Crippen LogP contribution in [0, 0.1) is 0 Å². The minimum Gasteiger partial charge on any atom is -0.497 e. The summed E-state index contributed by atoms with van der Waals surface area (Å²) in [4.78, 5) is 32.6. The summed E-state index contributed by atoms with van der Waals surface area (Å²) in [5.74, 6) is 0.368. The molecule has 3 heterocycles. The van der Waals surface area contributed by atoms with Gasteiger partial charge in [-0.05, 0) is 35.9 Å². The van der Waals surface area contributed by atoms with Crippen LogP contribution in [0.4, 0.5) is 5.13 Å². The highest BCUT2D eigenvalue weighted by molar-refractivity contribution is 9.10. The van der Waals surface area contributed by atoms with Crippen LogP contribution in [0.1, 0.15) is 27.7 Å². The van der Waals surface area contributed by atoms with Gasteiger partial charge in [-0.15, -0.1) is 11.3 Å². The summed E-state index contributed by atoms with van der Waals surface area (Å²) in [6.07, 6.45) is 1.63. The van der Waals surface area contributed by atoms with E-state index in [0.29, 0.717) is 27.4 Å². The number of amides is 1. The van der Waals surface area contributed by atoms with Gasteiger partial charge < -0.3 is 9.15 Å². The molecule has 6 nitrogen and oxygen atoms in total. The molecule has 8 heteroatoms. The molecule has 144 valence electrons. The maximum Gasteiger partial charge on any atom is 0.297 e. The number of ether oxygens (including phenoxy) is 1. The normalized spacial score (nSPS) is 15.7. The number of aromatic nitrogens is 1. The van der Waals surface area contributed by atoms with Gasteiger partial charge in [0, 0.05) is 16.0 Å². The second-order valence-electron chi connectivity index (χ2n) is 6.48. The minimum atomic E-state index is -0.630. The zero-order valence-corrected chi connectivity index (χ0v) is 17.5. The molecule has 5 rings (SSSR count). The number of fused-ring (bicyclic) bond motifs is 2. The molecule has 0 bridgehead atoms. The predicted molar refractivity (Wildman–Crippen MR) is 114 cm³/mol. The molecule has 2 aromatic heterocycles. The Morgan fingerprint density at radius 2 is 1.97 bits per heavy atom. The van der Waals surface area contributed by atoms with Gasteiger partial charge in [0.2, 0.25) is 5.76 Å². The second kappa shape index (κ2) is 6.82. The number of hydrogen-bond donors (Lipinski definition) is 0. The van der Waals surface area contributed by atoms with Crippen molar-refractivity contribution in [2.24, 2.45) is 0 Å². The van der Waals surface area contributed by atoms with Gasteiger partial charge in [-0.3, -0.25) is 14.5 Å². The molecule has 0 spiro atoms. The van der Waals surface area contributed by atoms with Crippen molar-refractivity contribution in [2.45, 2.75) is 6.04 Å². The van der Waals surface area contributed by atoms with Gasteiger partial charge >= 0.3 is 0 Å². The third kappa shape index (κ3) is 2.79. The Kier molecular flexibility index (Phi) is 4.25. The van der Waals surface area contributed by atoms with Crippen molar-refractivity contribution < 1.29 is 13.9 Å². The zero-order valence-electron chi connectivity index (χ0n) is 15.1. The van der Waals surface area contributed by atoms with E-state index in [1.54, 1.807) is 49.0 Å². The van der Waals surface area contributed by atoms with Crippen LogP contribution in [0.3, 0.4) is 0 Å². The molecule has 29 heavy (non-hydrogen) atoms. The van der Waals surface area contributed by atoms with Crippen LogP contribution in [0.25, 0.3) is 11.0 Å². The average Bonchev–Trinajstić information content (AvgIpc) is 3.35. The Morgan fingerprint density at radius 3 is 2.66 bits per heavy atom. The van der Waals surface area contributed by atoms with Crippen molar-refractivity contribution in [1.29, 1.82) is 0 Å². The van der Waals surface area contributed by atoms with Crippen LogP contribution in [0.15, 0.2) is 67.7 Å². The number of halogens is 1. The molecule has 1 amide bonds. The molecule has 1 aliphatic rings. The molecule has 0 saturated carbocycles. The number of nitrogens with zero attached hydrogens (tertiary/aromatic N) is 2. The second-order valence-corrected chi connectivity index (χ2v) is 8.27. The van der Waals surface area contributed by atoms with Crippen molar-refractivity contribution in [3.63, 3.8) is 0 Å². The van der Waals surface area contributed by atoms with E-state index in [-0.39, 0.29) is 17.1 Å². The lowest BCUT2D eigenvalue weighted by Crippen LogP contribution is -2.29. The van der Waals surface area contributed by atoms with Gasteiger partial charge in [0.05, 0.1) is 24.1 Å². The summed E-state index contributed by atoms with van der Waals surface area (Å²) in [6.45, 7) is 0. The van der Waals surface area contributed by atoms with Crippen LogP contribution >= 0.6 is 27.3 Å². The van der Waals surface area contributed by atoms with Crippen molar-refractivity contribution in [3.05, 3.63) is 85.6 Å². The van der Waals surface area contributed by atoms with Gasteiger partial charge in [-0.1, -0.05) is 28.1 Å². The van der Waals surface area contributed by atoms with E-state index < -0.39 is 6.04 Å². The van der Waals surface area contributed by atoms with Crippen molar-refractivity contribution in [1.82, 2.24) is 4.98 Å². The number of hydrogen-bond acceptors (Lipinski definition) is 6. The fraction of sp³-hybridized carbons (Fsp3) is 0.0952. The van der Waals surface area contributed by atoms with Crippen molar-refractivity contribution >= 4 is 49.3 Å². The first-order valence-electron chi connectivity index (χ1n) is 8.71. The highest BCUT2D eigenvalue weighted by Crippen LogP contribution is 2.42. The third-order valence-corrected chi connectivity index (χ3v) is 6.15. The number of anilines is 1. The maximum atomic E-state index is 13.4.